The van der Waals surface area contributed by atoms with Gasteiger partial charge in [-0.3, -0.25) is 9.89 Å². The van der Waals surface area contributed by atoms with Crippen LogP contribution in [0.25, 0.3) is 0 Å². The highest BCUT2D eigenvalue weighted by molar-refractivity contribution is 14.0. The Hall–Kier alpha value is -0.130. The minimum Gasteiger partial charge on any atom is -0.357 e. The number of nitrogens with zero attached hydrogens (tertiary/aromatic N) is 2. The zero-order valence-electron chi connectivity index (χ0n) is 16.8. The van der Waals surface area contributed by atoms with Crippen LogP contribution in [0.2, 0.25) is 0 Å². The third-order valence-corrected chi connectivity index (χ3v) is 5.17. The number of aliphatic imine (C=N–C) groups is 1. The predicted octanol–water partition coefficient (Wildman–Crippen LogP) is 1.61. The van der Waals surface area contributed by atoms with Crippen LogP contribution in [0.5, 0.6) is 0 Å². The molecule has 1 unspecified atom stereocenters. The summed E-state index contributed by atoms with van der Waals surface area (Å²) >= 11 is 0. The number of likely N-dealkylation sites (tertiary alicyclic amines) is 1. The second-order valence-electron chi connectivity index (χ2n) is 7.07. The second-order valence-corrected chi connectivity index (χ2v) is 8.91. The fourth-order valence-electron chi connectivity index (χ4n) is 3.12. The lowest BCUT2D eigenvalue weighted by atomic mass is 10.0. The molecule has 1 rings (SSSR count). The van der Waals surface area contributed by atoms with E-state index in [0.29, 0.717) is 25.0 Å². The van der Waals surface area contributed by atoms with Gasteiger partial charge in [0.2, 0.25) is 10.0 Å². The normalized spacial score (nSPS) is 18.1. The molecule has 1 atom stereocenters. The minimum absolute atomic E-state index is 0. The highest BCUT2D eigenvalue weighted by Crippen LogP contribution is 2.17. The summed E-state index contributed by atoms with van der Waals surface area (Å²) in [6.07, 6.45) is 6.40. The van der Waals surface area contributed by atoms with E-state index in [1.807, 2.05) is 6.92 Å². The van der Waals surface area contributed by atoms with E-state index < -0.39 is 10.0 Å². The summed E-state index contributed by atoms with van der Waals surface area (Å²) in [5.41, 5.74) is 0. The molecule has 0 spiro atoms. The Morgan fingerprint density at radius 3 is 2.19 bits per heavy atom. The monoisotopic (exact) mass is 503 g/mol. The molecule has 0 bridgehead atoms. The summed E-state index contributed by atoms with van der Waals surface area (Å²) in [5, 5.41) is 6.43. The van der Waals surface area contributed by atoms with Crippen LogP contribution in [-0.4, -0.2) is 70.8 Å². The minimum atomic E-state index is -3.15. The second kappa shape index (κ2) is 14.0. The average Bonchev–Trinajstić information content (AvgIpc) is 2.79. The van der Waals surface area contributed by atoms with E-state index in [0.717, 1.165) is 19.0 Å². The highest BCUT2D eigenvalue weighted by Gasteiger charge is 2.22. The lowest BCUT2D eigenvalue weighted by Gasteiger charge is -2.32. The van der Waals surface area contributed by atoms with Crippen molar-refractivity contribution in [2.45, 2.75) is 52.5 Å². The molecule has 9 heteroatoms. The molecule has 1 aliphatic heterocycles. The fourth-order valence-corrected chi connectivity index (χ4v) is 3.59. The number of nitrogens with one attached hydrogen (secondary N) is 3. The predicted molar refractivity (Wildman–Crippen MR) is 121 cm³/mol. The van der Waals surface area contributed by atoms with E-state index in [-0.39, 0.29) is 24.0 Å². The summed E-state index contributed by atoms with van der Waals surface area (Å²) in [4.78, 5) is 7.34. The third-order valence-electron chi connectivity index (χ3n) is 4.44. The molecular formula is C17H38IN5O2S. The van der Waals surface area contributed by atoms with Gasteiger partial charge in [-0.15, -0.1) is 24.0 Å². The van der Waals surface area contributed by atoms with Gasteiger partial charge in [0.1, 0.15) is 0 Å². The van der Waals surface area contributed by atoms with Crippen molar-refractivity contribution >= 4 is 40.0 Å². The molecule has 1 saturated heterocycles. The molecule has 0 aromatic rings. The summed E-state index contributed by atoms with van der Waals surface area (Å²) in [7, 11) is -3.15. The number of rotatable bonds is 9. The standard InChI is InChI=1S/C17H37N5O2S.HI/c1-5-18-17(19-10-11-21-25(4,23)24)20-14-16(15(2)3)22-12-8-6-7-9-13-22;/h15-16,21H,5-14H2,1-4H3,(H2,18,19,20);1H. The molecule has 0 amide bonds. The first-order valence-corrected chi connectivity index (χ1v) is 11.4. The Labute approximate surface area is 177 Å². The van der Waals surface area contributed by atoms with Gasteiger partial charge in [-0.1, -0.05) is 26.7 Å². The Morgan fingerprint density at radius 2 is 1.69 bits per heavy atom. The Balaban J connectivity index is 0.00000625. The molecule has 26 heavy (non-hydrogen) atoms. The largest absolute Gasteiger partial charge is 0.357 e. The fraction of sp³-hybridized carbons (Fsp3) is 0.941. The summed E-state index contributed by atoms with van der Waals surface area (Å²) in [6, 6.07) is 0.447. The molecule has 3 N–H and O–H groups in total. The number of hydrogen-bond donors (Lipinski definition) is 3. The van der Waals surface area contributed by atoms with Gasteiger partial charge in [-0.2, -0.15) is 0 Å². The lowest BCUT2D eigenvalue weighted by molar-refractivity contribution is 0.166. The van der Waals surface area contributed by atoms with Crippen molar-refractivity contribution in [1.82, 2.24) is 20.3 Å². The van der Waals surface area contributed by atoms with Crippen LogP contribution in [0.15, 0.2) is 4.99 Å². The zero-order valence-corrected chi connectivity index (χ0v) is 19.9. The zero-order chi connectivity index (χ0) is 18.7. The summed E-state index contributed by atoms with van der Waals surface area (Å²) in [6.45, 7) is 11.3. The Morgan fingerprint density at radius 1 is 1.08 bits per heavy atom. The number of sulfonamides is 1. The SMILES string of the molecule is CCNC(=NCC(C(C)C)N1CCCCCC1)NCCNS(C)(=O)=O.I. The maximum absolute atomic E-state index is 11.1. The van der Waals surface area contributed by atoms with Crippen LogP contribution in [0, 0.1) is 5.92 Å². The van der Waals surface area contributed by atoms with E-state index >= 15 is 0 Å². The molecule has 7 nitrogen and oxygen atoms in total. The summed E-state index contributed by atoms with van der Waals surface area (Å²) in [5.74, 6) is 1.30. The maximum Gasteiger partial charge on any atom is 0.208 e. The van der Waals surface area contributed by atoms with Crippen LogP contribution in [0.3, 0.4) is 0 Å². The van der Waals surface area contributed by atoms with Crippen molar-refractivity contribution < 1.29 is 8.42 Å². The van der Waals surface area contributed by atoms with Crippen molar-refractivity contribution in [3.63, 3.8) is 0 Å². The molecule has 0 aliphatic carbocycles. The van der Waals surface area contributed by atoms with Crippen LogP contribution < -0.4 is 15.4 Å². The molecule has 156 valence electrons. The molecule has 1 heterocycles. The number of halogens is 1. The van der Waals surface area contributed by atoms with Crippen LogP contribution in [0.1, 0.15) is 46.5 Å². The molecular weight excluding hydrogens is 465 g/mol. The highest BCUT2D eigenvalue weighted by atomic mass is 127. The first-order valence-electron chi connectivity index (χ1n) is 9.54. The molecule has 1 fully saturated rings. The number of guanidine groups is 1. The Bertz CT molecular complexity index is 491. The van der Waals surface area contributed by atoms with Crippen LogP contribution in [0.4, 0.5) is 0 Å². The van der Waals surface area contributed by atoms with Crippen molar-refractivity contribution in [1.29, 1.82) is 0 Å². The first kappa shape index (κ1) is 25.9. The summed E-state index contributed by atoms with van der Waals surface area (Å²) < 4.78 is 24.7. The van der Waals surface area contributed by atoms with Gasteiger partial charge in [0.15, 0.2) is 5.96 Å². The average molecular weight is 503 g/mol. The smallest absolute Gasteiger partial charge is 0.208 e. The molecule has 0 radical (unpaired) electrons. The molecule has 0 saturated carbocycles. The van der Waals surface area contributed by atoms with Crippen molar-refractivity contribution in [3.8, 4) is 0 Å². The molecule has 0 aromatic carbocycles. The van der Waals surface area contributed by atoms with Gasteiger partial charge in [0, 0.05) is 25.7 Å². The van der Waals surface area contributed by atoms with E-state index in [2.05, 4.69) is 34.1 Å². The van der Waals surface area contributed by atoms with Crippen LogP contribution in [-0.2, 0) is 10.0 Å². The third kappa shape index (κ3) is 11.6. The number of hydrogen-bond acceptors (Lipinski definition) is 4. The quantitative estimate of drug-likeness (QED) is 0.193. The topological polar surface area (TPSA) is 85.8 Å². The molecule has 1 aliphatic rings. The van der Waals surface area contributed by atoms with E-state index in [1.54, 1.807) is 0 Å². The first-order chi connectivity index (χ1) is 11.8. The van der Waals surface area contributed by atoms with Gasteiger partial charge in [-0.05, 0) is 38.8 Å². The van der Waals surface area contributed by atoms with Crippen molar-refractivity contribution in [3.05, 3.63) is 0 Å². The van der Waals surface area contributed by atoms with Gasteiger partial charge >= 0.3 is 0 Å². The lowest BCUT2D eigenvalue weighted by Crippen LogP contribution is -2.44. The van der Waals surface area contributed by atoms with Gasteiger partial charge in [-0.25, -0.2) is 13.1 Å². The van der Waals surface area contributed by atoms with Gasteiger partial charge < -0.3 is 10.6 Å². The van der Waals surface area contributed by atoms with E-state index in [1.165, 1.54) is 45.0 Å². The van der Waals surface area contributed by atoms with Crippen molar-refractivity contribution in [2.75, 3.05) is 45.5 Å². The van der Waals surface area contributed by atoms with Gasteiger partial charge in [0.05, 0.1) is 12.8 Å². The Kier molecular flexibility index (Phi) is 13.9. The van der Waals surface area contributed by atoms with Crippen molar-refractivity contribution in [2.24, 2.45) is 10.9 Å². The van der Waals surface area contributed by atoms with E-state index in [4.69, 9.17) is 4.99 Å². The van der Waals surface area contributed by atoms with Gasteiger partial charge in [0.25, 0.3) is 0 Å². The maximum atomic E-state index is 11.1. The molecule has 0 aromatic heterocycles. The van der Waals surface area contributed by atoms with Crippen LogP contribution >= 0.6 is 24.0 Å². The van der Waals surface area contributed by atoms with E-state index in [9.17, 15) is 8.42 Å².